The molecule has 0 fully saturated rings. The molecule has 6 nitrogen and oxygen atoms in total. The molecule has 2 aromatic carbocycles. The molecule has 0 saturated heterocycles. The van der Waals surface area contributed by atoms with E-state index in [2.05, 4.69) is 0 Å². The van der Waals surface area contributed by atoms with Gasteiger partial charge in [0.15, 0.2) is 5.43 Å². The first-order valence-corrected chi connectivity index (χ1v) is 7.75. The van der Waals surface area contributed by atoms with E-state index in [0.29, 0.717) is 11.3 Å². The van der Waals surface area contributed by atoms with Crippen molar-refractivity contribution in [1.29, 1.82) is 0 Å². The number of rotatable bonds is 3. The molecule has 1 heterocycles. The van der Waals surface area contributed by atoms with E-state index >= 15 is 0 Å². The molecule has 7 heteroatoms. The van der Waals surface area contributed by atoms with Crippen LogP contribution in [0.5, 0.6) is 0 Å². The molecule has 0 spiro atoms. The van der Waals surface area contributed by atoms with Crippen molar-refractivity contribution >= 4 is 27.0 Å². The van der Waals surface area contributed by atoms with Gasteiger partial charge < -0.3 is 4.42 Å². The highest BCUT2D eigenvalue weighted by molar-refractivity contribution is 7.87. The second-order valence-electron chi connectivity index (χ2n) is 4.63. The van der Waals surface area contributed by atoms with Crippen LogP contribution in [0.2, 0.25) is 0 Å². The Morgan fingerprint density at radius 2 is 1.73 bits per heavy atom. The minimum absolute atomic E-state index is 0.0785. The van der Waals surface area contributed by atoms with Crippen molar-refractivity contribution in [3.8, 4) is 11.3 Å². The van der Waals surface area contributed by atoms with E-state index in [9.17, 15) is 13.2 Å². The lowest BCUT2D eigenvalue weighted by Crippen LogP contribution is -2.10. The molecular weight excluding hydrogens is 306 g/mol. The minimum Gasteiger partial charge on any atom is -0.456 e. The average molecular weight is 317 g/mol. The van der Waals surface area contributed by atoms with Gasteiger partial charge >= 0.3 is 10.3 Å². The second kappa shape index (κ2) is 5.28. The van der Waals surface area contributed by atoms with Gasteiger partial charge in [0, 0.05) is 11.6 Å². The molecule has 3 aromatic rings. The molecule has 0 radical (unpaired) electrons. The van der Waals surface area contributed by atoms with Crippen molar-refractivity contribution in [2.75, 3.05) is 4.72 Å². The summed E-state index contributed by atoms with van der Waals surface area (Å²) in [5, 5.41) is 0.216. The summed E-state index contributed by atoms with van der Waals surface area (Å²) < 4.78 is 37.9. The summed E-state index contributed by atoms with van der Waals surface area (Å²) in [5.41, 5.74) is 0.864. The van der Waals surface area contributed by atoms with Gasteiger partial charge in [-0.3, -0.25) is 14.1 Å². The van der Waals surface area contributed by atoms with Gasteiger partial charge in [-0.05, 0) is 18.2 Å². The lowest BCUT2D eigenvalue weighted by Gasteiger charge is -2.06. The first-order valence-electron chi connectivity index (χ1n) is 6.31. The maximum absolute atomic E-state index is 12.2. The fourth-order valence-electron chi connectivity index (χ4n) is 2.11. The Morgan fingerprint density at radius 3 is 2.41 bits per heavy atom. The van der Waals surface area contributed by atoms with Crippen LogP contribution in [0.1, 0.15) is 0 Å². The maximum atomic E-state index is 12.2. The third-order valence-electron chi connectivity index (χ3n) is 3.03. The molecule has 1 aromatic heterocycles. The zero-order chi connectivity index (χ0) is 15.7. The molecule has 3 rings (SSSR count). The van der Waals surface area contributed by atoms with Crippen LogP contribution in [0.25, 0.3) is 22.3 Å². The molecule has 2 N–H and O–H groups in total. The van der Waals surface area contributed by atoms with Crippen LogP contribution in [0, 0.1) is 0 Å². The molecule has 0 aliphatic carbocycles. The van der Waals surface area contributed by atoms with Crippen molar-refractivity contribution in [2.45, 2.75) is 0 Å². The highest BCUT2D eigenvalue weighted by Crippen LogP contribution is 2.23. The van der Waals surface area contributed by atoms with Crippen molar-refractivity contribution in [3.63, 3.8) is 0 Å². The van der Waals surface area contributed by atoms with Gasteiger partial charge in [-0.2, -0.15) is 8.42 Å². The Labute approximate surface area is 125 Å². The van der Waals surface area contributed by atoms with Gasteiger partial charge in [-0.1, -0.05) is 30.3 Å². The van der Waals surface area contributed by atoms with E-state index in [-0.39, 0.29) is 16.5 Å². The molecule has 0 aliphatic rings. The molecule has 0 unspecified atom stereocenters. The van der Waals surface area contributed by atoms with Crippen LogP contribution in [-0.2, 0) is 10.3 Å². The number of nitrogens with one attached hydrogen (secondary N) is 1. The van der Waals surface area contributed by atoms with Gasteiger partial charge in [-0.25, -0.2) is 0 Å². The van der Waals surface area contributed by atoms with E-state index in [4.69, 9.17) is 8.97 Å². The van der Waals surface area contributed by atoms with Gasteiger partial charge in [-0.15, -0.1) is 0 Å². The highest BCUT2D eigenvalue weighted by Gasteiger charge is 2.09. The zero-order valence-corrected chi connectivity index (χ0v) is 12.0. The van der Waals surface area contributed by atoms with E-state index in [1.807, 2.05) is 35.1 Å². The first kappa shape index (κ1) is 14.3. The maximum Gasteiger partial charge on any atom is 0.357 e. The predicted molar refractivity (Wildman–Crippen MR) is 83.1 cm³/mol. The van der Waals surface area contributed by atoms with Crippen LogP contribution in [0.15, 0.2) is 63.8 Å². The summed E-state index contributed by atoms with van der Waals surface area (Å²) in [6.45, 7) is 0. The topological polar surface area (TPSA) is 96.6 Å². The summed E-state index contributed by atoms with van der Waals surface area (Å²) in [7, 11) is -4.39. The second-order valence-corrected chi connectivity index (χ2v) is 5.78. The Kier molecular flexibility index (Phi) is 3.44. The fraction of sp³-hybridized carbons (Fsp3) is 0. The Hall–Kier alpha value is -2.64. The number of hydrogen-bond donors (Lipinski definition) is 2. The lowest BCUT2D eigenvalue weighted by molar-refractivity contribution is 0.489. The van der Waals surface area contributed by atoms with Gasteiger partial charge in [0.05, 0.1) is 11.1 Å². The third kappa shape index (κ3) is 3.00. The van der Waals surface area contributed by atoms with E-state index in [1.165, 1.54) is 24.3 Å². The summed E-state index contributed by atoms with van der Waals surface area (Å²) in [6.07, 6.45) is 0. The monoisotopic (exact) mass is 317 g/mol. The van der Waals surface area contributed by atoms with Gasteiger partial charge in [0.2, 0.25) is 0 Å². The number of benzene rings is 2. The smallest absolute Gasteiger partial charge is 0.357 e. The summed E-state index contributed by atoms with van der Waals surface area (Å²) in [5.74, 6) is 0.425. The summed E-state index contributed by atoms with van der Waals surface area (Å²) in [6, 6.07) is 14.7. The van der Waals surface area contributed by atoms with Crippen molar-refractivity contribution < 1.29 is 17.4 Å². The van der Waals surface area contributed by atoms with Crippen molar-refractivity contribution in [1.82, 2.24) is 0 Å². The van der Waals surface area contributed by atoms with Crippen LogP contribution < -0.4 is 10.2 Å². The standard InChI is InChI=1S/C15H11NO5S/c17-13-9-15(10-4-2-1-3-5-10)21-14-7-6-11(8-12(13)14)16-22(18,19)20/h1-9,16H,(H,18,19,20). The molecule has 0 atom stereocenters. The van der Waals surface area contributed by atoms with E-state index in [0.717, 1.165) is 5.56 Å². The van der Waals surface area contributed by atoms with Gasteiger partial charge in [0.25, 0.3) is 0 Å². The number of hydrogen-bond acceptors (Lipinski definition) is 4. The molecule has 0 aliphatic heterocycles. The average Bonchev–Trinajstić information content (AvgIpc) is 2.47. The normalized spacial score (nSPS) is 11.5. The SMILES string of the molecule is O=c1cc(-c2ccccc2)oc2ccc(NS(=O)(=O)O)cc12. The predicted octanol–water partition coefficient (Wildman–Crippen LogP) is 2.67. The molecule has 22 heavy (non-hydrogen) atoms. The molecule has 0 bridgehead atoms. The zero-order valence-electron chi connectivity index (χ0n) is 11.2. The first-order chi connectivity index (χ1) is 10.4. The Morgan fingerprint density at radius 1 is 1.00 bits per heavy atom. The summed E-state index contributed by atoms with van der Waals surface area (Å²) >= 11 is 0. The van der Waals surface area contributed by atoms with Crippen LogP contribution in [0.4, 0.5) is 5.69 Å². The van der Waals surface area contributed by atoms with Crippen LogP contribution in [0.3, 0.4) is 0 Å². The molecule has 112 valence electrons. The van der Waals surface area contributed by atoms with Crippen molar-refractivity contribution in [3.05, 3.63) is 64.8 Å². The van der Waals surface area contributed by atoms with Crippen molar-refractivity contribution in [2.24, 2.45) is 0 Å². The van der Waals surface area contributed by atoms with Crippen LogP contribution >= 0.6 is 0 Å². The van der Waals surface area contributed by atoms with Crippen LogP contribution in [-0.4, -0.2) is 13.0 Å². The Bertz CT molecular complexity index is 993. The van der Waals surface area contributed by atoms with E-state index < -0.39 is 10.3 Å². The molecular formula is C15H11NO5S. The molecule has 0 amide bonds. The quantitative estimate of drug-likeness (QED) is 0.724. The number of anilines is 1. The van der Waals surface area contributed by atoms with E-state index in [1.54, 1.807) is 0 Å². The highest BCUT2D eigenvalue weighted by atomic mass is 32.2. The lowest BCUT2D eigenvalue weighted by atomic mass is 10.1. The summed E-state index contributed by atoms with van der Waals surface area (Å²) in [4.78, 5) is 12.2. The largest absolute Gasteiger partial charge is 0.456 e. The minimum atomic E-state index is -4.39. The molecule has 0 saturated carbocycles. The third-order valence-corrected chi connectivity index (χ3v) is 3.53. The Balaban J connectivity index is 2.13. The van der Waals surface area contributed by atoms with Gasteiger partial charge in [0.1, 0.15) is 11.3 Å². The fourth-order valence-corrected chi connectivity index (χ4v) is 2.54. The number of fused-ring (bicyclic) bond motifs is 1.